The van der Waals surface area contributed by atoms with Crippen LogP contribution < -0.4 is 0 Å². The molecular formula is C9H15NO4. The van der Waals surface area contributed by atoms with Gasteiger partial charge in [0.1, 0.15) is 0 Å². The highest BCUT2D eigenvalue weighted by Crippen LogP contribution is 2.19. The highest BCUT2D eigenvalue weighted by Gasteiger charge is 2.25. The second-order valence-electron chi connectivity index (χ2n) is 3.51. The molecule has 1 aliphatic heterocycles. The fourth-order valence-corrected chi connectivity index (χ4v) is 1.61. The molecule has 1 saturated heterocycles. The van der Waals surface area contributed by atoms with Crippen LogP contribution in [0.3, 0.4) is 0 Å². The van der Waals surface area contributed by atoms with Crippen LogP contribution in [0.4, 0.5) is 4.79 Å². The lowest BCUT2D eigenvalue weighted by Crippen LogP contribution is -2.26. The van der Waals surface area contributed by atoms with E-state index in [-0.39, 0.29) is 5.97 Å². The minimum Gasteiger partial charge on any atom is -0.466 e. The molecule has 0 saturated carbocycles. The molecule has 0 spiro atoms. The van der Waals surface area contributed by atoms with E-state index < -0.39 is 6.09 Å². The average molecular weight is 201 g/mol. The van der Waals surface area contributed by atoms with E-state index in [0.717, 1.165) is 12.8 Å². The molecule has 5 heteroatoms. The Hall–Kier alpha value is -1.26. The zero-order chi connectivity index (χ0) is 10.6. The van der Waals surface area contributed by atoms with E-state index in [2.05, 4.69) is 0 Å². The molecule has 1 amide bonds. The summed E-state index contributed by atoms with van der Waals surface area (Å²) in [5.74, 6) is 0.0588. The number of rotatable bonds is 3. The summed E-state index contributed by atoms with van der Waals surface area (Å²) in [5.41, 5.74) is 0. The third kappa shape index (κ3) is 3.24. The normalized spacial score (nSPS) is 20.9. The Balaban J connectivity index is 2.16. The number of ether oxygens (including phenoxy) is 1. The first-order chi connectivity index (χ1) is 6.59. The summed E-state index contributed by atoms with van der Waals surface area (Å²) in [6, 6.07) is 0. The molecule has 1 rings (SSSR count). The molecule has 14 heavy (non-hydrogen) atoms. The zero-order valence-corrected chi connectivity index (χ0v) is 8.23. The summed E-state index contributed by atoms with van der Waals surface area (Å²) in [6.07, 6.45) is 0.761. The van der Waals surface area contributed by atoms with E-state index in [9.17, 15) is 9.59 Å². The van der Waals surface area contributed by atoms with Crippen molar-refractivity contribution in [3.05, 3.63) is 0 Å². The quantitative estimate of drug-likeness (QED) is 0.690. The van der Waals surface area contributed by atoms with Gasteiger partial charge in [-0.15, -0.1) is 0 Å². The van der Waals surface area contributed by atoms with Crippen LogP contribution >= 0.6 is 0 Å². The Kier molecular flexibility index (Phi) is 3.73. The molecule has 1 heterocycles. The number of carboxylic acid groups (broad SMARTS) is 1. The van der Waals surface area contributed by atoms with Gasteiger partial charge in [0, 0.05) is 20.0 Å². The van der Waals surface area contributed by atoms with Gasteiger partial charge in [0.2, 0.25) is 0 Å². The minimum atomic E-state index is -0.861. The number of likely N-dealkylation sites (tertiary alicyclic amines) is 1. The number of amides is 1. The lowest BCUT2D eigenvalue weighted by Gasteiger charge is -2.11. The lowest BCUT2D eigenvalue weighted by atomic mass is 10.1. The van der Waals surface area contributed by atoms with Gasteiger partial charge in [-0.25, -0.2) is 4.79 Å². The maximum Gasteiger partial charge on any atom is 0.407 e. The Morgan fingerprint density at radius 2 is 2.29 bits per heavy atom. The lowest BCUT2D eigenvalue weighted by molar-refractivity contribution is -0.141. The summed E-state index contributed by atoms with van der Waals surface area (Å²) in [7, 11) is 0. The summed E-state index contributed by atoms with van der Waals surface area (Å²) in [5, 5.41) is 8.69. The minimum absolute atomic E-state index is 0.280. The van der Waals surface area contributed by atoms with Crippen molar-refractivity contribution in [2.45, 2.75) is 19.8 Å². The highest BCUT2D eigenvalue weighted by atomic mass is 16.5. The number of hydrogen-bond donors (Lipinski definition) is 1. The summed E-state index contributed by atoms with van der Waals surface area (Å²) in [4.78, 5) is 22.4. The topological polar surface area (TPSA) is 66.8 Å². The number of carbonyl (C=O) groups is 2. The third-order valence-corrected chi connectivity index (χ3v) is 2.39. The van der Waals surface area contributed by atoms with Crippen LogP contribution in [-0.2, 0) is 9.53 Å². The van der Waals surface area contributed by atoms with Crippen molar-refractivity contribution in [3.63, 3.8) is 0 Å². The molecule has 1 aliphatic rings. The van der Waals surface area contributed by atoms with E-state index in [1.54, 1.807) is 0 Å². The maximum absolute atomic E-state index is 10.6. The van der Waals surface area contributed by atoms with Gasteiger partial charge in [0.25, 0.3) is 0 Å². The molecule has 0 bridgehead atoms. The first-order valence-electron chi connectivity index (χ1n) is 4.71. The second kappa shape index (κ2) is 4.83. The van der Waals surface area contributed by atoms with Crippen LogP contribution in [0.1, 0.15) is 19.8 Å². The Labute approximate surface area is 82.6 Å². The first kappa shape index (κ1) is 10.8. The predicted molar refractivity (Wildman–Crippen MR) is 49.0 cm³/mol. The standard InChI is InChI=1S/C9H15NO4/c1-7(11)14-5-3-8-2-4-10(6-8)9(12)13/h8H,2-6H2,1H3,(H,12,13)/t8-/m0/s1. The number of hydrogen-bond acceptors (Lipinski definition) is 3. The molecule has 0 aliphatic carbocycles. The molecule has 0 aromatic carbocycles. The Morgan fingerprint density at radius 3 is 2.79 bits per heavy atom. The van der Waals surface area contributed by atoms with Gasteiger partial charge >= 0.3 is 12.1 Å². The fraction of sp³-hybridized carbons (Fsp3) is 0.778. The molecular weight excluding hydrogens is 186 g/mol. The largest absolute Gasteiger partial charge is 0.466 e. The SMILES string of the molecule is CC(=O)OCC[C@@H]1CCN(C(=O)O)C1. The van der Waals surface area contributed by atoms with Crippen LogP contribution in [0.5, 0.6) is 0 Å². The van der Waals surface area contributed by atoms with Crippen molar-refractivity contribution in [3.8, 4) is 0 Å². The molecule has 1 N–H and O–H groups in total. The van der Waals surface area contributed by atoms with Crippen LogP contribution in [0, 0.1) is 5.92 Å². The van der Waals surface area contributed by atoms with E-state index >= 15 is 0 Å². The maximum atomic E-state index is 10.6. The Morgan fingerprint density at radius 1 is 1.57 bits per heavy atom. The highest BCUT2D eigenvalue weighted by molar-refractivity contribution is 5.66. The van der Waals surface area contributed by atoms with Crippen molar-refractivity contribution < 1.29 is 19.4 Å². The third-order valence-electron chi connectivity index (χ3n) is 2.39. The first-order valence-corrected chi connectivity index (χ1v) is 4.71. The van der Waals surface area contributed by atoms with Gasteiger partial charge in [0.15, 0.2) is 0 Å². The smallest absolute Gasteiger partial charge is 0.407 e. The second-order valence-corrected chi connectivity index (χ2v) is 3.51. The van der Waals surface area contributed by atoms with Crippen LogP contribution in [0.2, 0.25) is 0 Å². The molecule has 1 fully saturated rings. The van der Waals surface area contributed by atoms with Gasteiger partial charge in [-0.2, -0.15) is 0 Å². The number of carbonyl (C=O) groups excluding carboxylic acids is 1. The molecule has 0 unspecified atom stereocenters. The predicted octanol–water partition coefficient (Wildman–Crippen LogP) is 0.940. The molecule has 0 aromatic heterocycles. The van der Waals surface area contributed by atoms with Gasteiger partial charge in [-0.05, 0) is 18.8 Å². The molecule has 1 atom stereocenters. The number of nitrogens with zero attached hydrogens (tertiary/aromatic N) is 1. The molecule has 80 valence electrons. The van der Waals surface area contributed by atoms with Crippen LogP contribution in [0.15, 0.2) is 0 Å². The number of esters is 1. The van der Waals surface area contributed by atoms with E-state index in [1.165, 1.54) is 11.8 Å². The van der Waals surface area contributed by atoms with E-state index in [1.807, 2.05) is 0 Å². The van der Waals surface area contributed by atoms with Crippen LogP contribution in [0.25, 0.3) is 0 Å². The van der Waals surface area contributed by atoms with E-state index in [4.69, 9.17) is 9.84 Å². The monoisotopic (exact) mass is 201 g/mol. The van der Waals surface area contributed by atoms with Gasteiger partial charge in [0.05, 0.1) is 6.61 Å². The Bertz CT molecular complexity index is 229. The van der Waals surface area contributed by atoms with E-state index in [0.29, 0.717) is 25.6 Å². The van der Waals surface area contributed by atoms with Gasteiger partial charge in [-0.1, -0.05) is 0 Å². The van der Waals surface area contributed by atoms with Crippen LogP contribution in [-0.4, -0.2) is 41.8 Å². The van der Waals surface area contributed by atoms with Crippen molar-refractivity contribution >= 4 is 12.1 Å². The van der Waals surface area contributed by atoms with Crippen molar-refractivity contribution in [2.24, 2.45) is 5.92 Å². The zero-order valence-electron chi connectivity index (χ0n) is 8.23. The molecule has 0 radical (unpaired) electrons. The van der Waals surface area contributed by atoms with Crippen molar-refractivity contribution in [2.75, 3.05) is 19.7 Å². The van der Waals surface area contributed by atoms with Crippen molar-refractivity contribution in [1.29, 1.82) is 0 Å². The summed E-state index contributed by atoms with van der Waals surface area (Å²) < 4.78 is 4.79. The van der Waals surface area contributed by atoms with Crippen molar-refractivity contribution in [1.82, 2.24) is 4.90 Å². The summed E-state index contributed by atoms with van der Waals surface area (Å²) in [6.45, 7) is 2.93. The average Bonchev–Trinajstić information content (AvgIpc) is 2.52. The van der Waals surface area contributed by atoms with Gasteiger partial charge < -0.3 is 14.7 Å². The molecule has 5 nitrogen and oxygen atoms in total. The summed E-state index contributed by atoms with van der Waals surface area (Å²) >= 11 is 0. The molecule has 0 aromatic rings. The fourth-order valence-electron chi connectivity index (χ4n) is 1.61. The van der Waals surface area contributed by atoms with Gasteiger partial charge in [-0.3, -0.25) is 4.79 Å².